The summed E-state index contributed by atoms with van der Waals surface area (Å²) in [4.78, 5) is 16.4. The van der Waals surface area contributed by atoms with Gasteiger partial charge in [-0.25, -0.2) is 0 Å². The zero-order valence-electron chi connectivity index (χ0n) is 16.3. The van der Waals surface area contributed by atoms with Crippen LogP contribution in [0.25, 0.3) is 0 Å². The molecule has 0 spiro atoms. The number of carbonyl (C=O) groups is 1. The minimum absolute atomic E-state index is 0.200. The molecule has 0 aromatic heterocycles. The Morgan fingerprint density at radius 3 is 2.55 bits per heavy atom. The number of hydrogen-bond donors (Lipinski definition) is 2. The lowest BCUT2D eigenvalue weighted by Gasteiger charge is -2.46. The highest BCUT2D eigenvalue weighted by Crippen LogP contribution is 2.26. The Kier molecular flexibility index (Phi) is 6.03. The number of nitrogens with zero attached hydrogens (tertiary/aromatic N) is 4. The topological polar surface area (TPSA) is 110 Å². The van der Waals surface area contributed by atoms with Crippen molar-refractivity contribution in [3.8, 4) is 0 Å². The number of primary amides is 1. The normalized spacial score (nSPS) is 26.3. The predicted octanol–water partition coefficient (Wildman–Crippen LogP) is 0.976. The van der Waals surface area contributed by atoms with Gasteiger partial charge in [0.15, 0.2) is 0 Å². The third kappa shape index (κ3) is 4.71. The first-order chi connectivity index (χ1) is 14.0. The van der Waals surface area contributed by atoms with E-state index >= 15 is 0 Å². The number of morpholine rings is 1. The zero-order valence-corrected chi connectivity index (χ0v) is 17.1. The van der Waals surface area contributed by atoms with Gasteiger partial charge in [-0.15, -0.1) is 10.2 Å². The standard InChI is InChI=1S/C20H27ClN6O2/c21-14-3-1-13(2-4-14)9-16-12-29-17(20(23)28)11-27(16)15-5-7-26(8-6-15)19-10-18(22)24-25-19/h1-4,15-17H,5-12H2,(H2,22,24)(H2,23,28)/t16-,17-/m0/s1. The molecule has 0 aliphatic carbocycles. The van der Waals surface area contributed by atoms with Crippen LogP contribution in [0.4, 0.5) is 0 Å². The number of nitrogens with two attached hydrogens (primary N) is 2. The number of likely N-dealkylation sites (tertiary alicyclic amines) is 1. The molecular formula is C20H27ClN6O2. The number of amidine groups is 2. The van der Waals surface area contributed by atoms with E-state index in [0.29, 0.717) is 31.4 Å². The molecule has 2 fully saturated rings. The number of hydrogen-bond acceptors (Lipinski definition) is 7. The van der Waals surface area contributed by atoms with Crippen molar-refractivity contribution < 1.29 is 9.53 Å². The Labute approximate surface area is 175 Å². The van der Waals surface area contributed by atoms with Crippen LogP contribution >= 0.6 is 11.6 Å². The number of benzene rings is 1. The molecule has 2 saturated heterocycles. The first-order valence-electron chi connectivity index (χ1n) is 10.0. The lowest BCUT2D eigenvalue weighted by atomic mass is 9.96. The van der Waals surface area contributed by atoms with Crippen LogP contribution in [0, 0.1) is 0 Å². The van der Waals surface area contributed by atoms with Crippen LogP contribution in [0.3, 0.4) is 0 Å². The highest BCUT2D eigenvalue weighted by atomic mass is 35.5. The molecule has 1 amide bonds. The van der Waals surface area contributed by atoms with Crippen LogP contribution in [0.1, 0.15) is 24.8 Å². The maximum Gasteiger partial charge on any atom is 0.247 e. The summed E-state index contributed by atoms with van der Waals surface area (Å²) >= 11 is 6.02. The van der Waals surface area contributed by atoms with Gasteiger partial charge in [0.25, 0.3) is 0 Å². The molecule has 3 aliphatic heterocycles. The van der Waals surface area contributed by atoms with Crippen molar-refractivity contribution in [2.24, 2.45) is 21.7 Å². The maximum atomic E-state index is 11.7. The molecule has 0 bridgehead atoms. The fourth-order valence-electron chi connectivity index (χ4n) is 4.39. The Hall–Kier alpha value is -2.16. The van der Waals surface area contributed by atoms with Gasteiger partial charge < -0.3 is 21.1 Å². The van der Waals surface area contributed by atoms with E-state index in [1.54, 1.807) is 0 Å². The second kappa shape index (κ2) is 8.69. The zero-order chi connectivity index (χ0) is 20.4. The average molecular weight is 419 g/mol. The molecule has 29 heavy (non-hydrogen) atoms. The quantitative estimate of drug-likeness (QED) is 0.757. The molecule has 3 heterocycles. The van der Waals surface area contributed by atoms with Gasteiger partial charge in [-0.1, -0.05) is 23.7 Å². The van der Waals surface area contributed by atoms with E-state index in [2.05, 4.69) is 20.0 Å². The Bertz CT molecular complexity index is 804. The molecule has 1 aromatic carbocycles. The monoisotopic (exact) mass is 418 g/mol. The van der Waals surface area contributed by atoms with Crippen LogP contribution in [-0.2, 0) is 16.0 Å². The highest BCUT2D eigenvalue weighted by Gasteiger charge is 2.37. The van der Waals surface area contributed by atoms with Gasteiger partial charge in [0.2, 0.25) is 5.91 Å². The minimum atomic E-state index is -0.554. The van der Waals surface area contributed by atoms with E-state index in [-0.39, 0.29) is 6.04 Å². The third-order valence-electron chi connectivity index (χ3n) is 5.97. The Morgan fingerprint density at radius 2 is 1.93 bits per heavy atom. The van der Waals surface area contributed by atoms with E-state index in [4.69, 9.17) is 27.8 Å². The second-order valence-corrected chi connectivity index (χ2v) is 8.34. The summed E-state index contributed by atoms with van der Waals surface area (Å²) in [6.07, 6.45) is 2.90. The molecule has 4 N–H and O–H groups in total. The van der Waals surface area contributed by atoms with Crippen molar-refractivity contribution in [2.75, 3.05) is 26.2 Å². The third-order valence-corrected chi connectivity index (χ3v) is 6.22. The molecule has 9 heteroatoms. The first kappa shape index (κ1) is 20.1. The van der Waals surface area contributed by atoms with Crippen LogP contribution in [0.5, 0.6) is 0 Å². The van der Waals surface area contributed by atoms with Gasteiger partial charge in [-0.3, -0.25) is 9.69 Å². The molecule has 8 nitrogen and oxygen atoms in total. The molecule has 4 rings (SSSR count). The van der Waals surface area contributed by atoms with Gasteiger partial charge in [-0.05, 0) is 37.0 Å². The van der Waals surface area contributed by atoms with E-state index in [0.717, 1.165) is 43.2 Å². The van der Waals surface area contributed by atoms with Crippen molar-refractivity contribution in [3.05, 3.63) is 34.9 Å². The van der Waals surface area contributed by atoms with Gasteiger partial charge in [-0.2, -0.15) is 0 Å². The van der Waals surface area contributed by atoms with Crippen LogP contribution < -0.4 is 11.5 Å². The summed E-state index contributed by atoms with van der Waals surface area (Å²) in [5.41, 5.74) is 12.5. The summed E-state index contributed by atoms with van der Waals surface area (Å²) in [5.74, 6) is 1.13. The molecular weight excluding hydrogens is 392 g/mol. The summed E-state index contributed by atoms with van der Waals surface area (Å²) in [7, 11) is 0. The van der Waals surface area contributed by atoms with Crippen LogP contribution in [0.2, 0.25) is 5.02 Å². The molecule has 0 radical (unpaired) electrons. The van der Waals surface area contributed by atoms with E-state index < -0.39 is 12.0 Å². The fourth-order valence-corrected chi connectivity index (χ4v) is 4.52. The number of ether oxygens (including phenoxy) is 1. The summed E-state index contributed by atoms with van der Waals surface area (Å²) < 4.78 is 5.78. The number of halogens is 1. The lowest BCUT2D eigenvalue weighted by molar-refractivity contribution is -0.142. The summed E-state index contributed by atoms with van der Waals surface area (Å²) in [6, 6.07) is 8.48. The van der Waals surface area contributed by atoms with E-state index in [1.807, 2.05) is 24.3 Å². The van der Waals surface area contributed by atoms with Crippen molar-refractivity contribution in [3.63, 3.8) is 0 Å². The molecule has 3 aliphatic rings. The summed E-state index contributed by atoms with van der Waals surface area (Å²) in [6.45, 7) is 2.83. The predicted molar refractivity (Wildman–Crippen MR) is 113 cm³/mol. The number of carbonyl (C=O) groups excluding carboxylic acids is 1. The second-order valence-electron chi connectivity index (χ2n) is 7.91. The SMILES string of the molecule is NC(=O)[C@@H]1CN(C2CCN(C3=NN=C(N)C3)CC2)[C@@H](Cc2ccc(Cl)cc2)CO1. The van der Waals surface area contributed by atoms with Crippen molar-refractivity contribution in [2.45, 2.75) is 43.9 Å². The van der Waals surface area contributed by atoms with Gasteiger partial charge in [0, 0.05) is 36.7 Å². The summed E-state index contributed by atoms with van der Waals surface area (Å²) in [5, 5.41) is 8.87. The molecule has 2 atom stereocenters. The van der Waals surface area contributed by atoms with Crippen LogP contribution in [0.15, 0.2) is 34.5 Å². The Balaban J connectivity index is 1.42. The maximum absolute atomic E-state index is 11.7. The molecule has 0 saturated carbocycles. The van der Waals surface area contributed by atoms with Crippen molar-refractivity contribution >= 4 is 29.2 Å². The van der Waals surface area contributed by atoms with Crippen molar-refractivity contribution in [1.82, 2.24) is 9.80 Å². The smallest absolute Gasteiger partial charge is 0.247 e. The molecule has 0 unspecified atom stereocenters. The highest BCUT2D eigenvalue weighted by molar-refractivity contribution is 6.30. The largest absolute Gasteiger partial charge is 0.385 e. The van der Waals surface area contributed by atoms with Crippen molar-refractivity contribution in [1.29, 1.82) is 0 Å². The number of rotatable bonds is 4. The number of amides is 1. The number of piperidine rings is 1. The van der Waals surface area contributed by atoms with Gasteiger partial charge in [0.1, 0.15) is 17.8 Å². The lowest BCUT2D eigenvalue weighted by Crippen LogP contribution is -2.59. The van der Waals surface area contributed by atoms with E-state index in [1.165, 1.54) is 5.56 Å². The molecule has 1 aromatic rings. The average Bonchev–Trinajstić information content (AvgIpc) is 3.16. The van der Waals surface area contributed by atoms with E-state index in [9.17, 15) is 4.79 Å². The van der Waals surface area contributed by atoms with Crippen LogP contribution in [-0.4, -0.2) is 71.8 Å². The minimum Gasteiger partial charge on any atom is -0.385 e. The Morgan fingerprint density at radius 1 is 1.21 bits per heavy atom. The van der Waals surface area contributed by atoms with Gasteiger partial charge >= 0.3 is 0 Å². The molecule has 156 valence electrons. The first-order valence-corrected chi connectivity index (χ1v) is 10.4. The van der Waals surface area contributed by atoms with Gasteiger partial charge in [0.05, 0.1) is 13.0 Å². The fraction of sp³-hybridized carbons (Fsp3) is 0.550.